The molecule has 0 bridgehead atoms. The summed E-state index contributed by atoms with van der Waals surface area (Å²) in [5.41, 5.74) is 0.0753. The molecule has 16 heavy (non-hydrogen) atoms. The number of quaternary nitrogens is 1. The van der Waals surface area contributed by atoms with E-state index in [2.05, 4.69) is 7.05 Å². The van der Waals surface area contributed by atoms with Crippen molar-refractivity contribution in [2.24, 2.45) is 0 Å². The summed E-state index contributed by atoms with van der Waals surface area (Å²) in [5.74, 6) is 0. The number of aliphatic hydroxyl groups is 1. The number of hydrogen-bond acceptors (Lipinski definition) is 2. The maximum Gasteiger partial charge on any atom is 0.137 e. The summed E-state index contributed by atoms with van der Waals surface area (Å²) in [7, 11) is 5.63. The van der Waals surface area contributed by atoms with E-state index < -0.39 is 5.60 Å². The zero-order chi connectivity index (χ0) is 11.6. The van der Waals surface area contributed by atoms with Gasteiger partial charge >= 0.3 is 0 Å². The van der Waals surface area contributed by atoms with Crippen molar-refractivity contribution in [3.8, 4) is 0 Å². The molecule has 0 amide bonds. The Hall–Kier alpha value is -0.900. The van der Waals surface area contributed by atoms with E-state index in [0.717, 1.165) is 23.6 Å². The highest BCUT2D eigenvalue weighted by atomic mass is 16.5. The molecule has 1 fully saturated rings. The van der Waals surface area contributed by atoms with E-state index in [1.165, 1.54) is 0 Å². The Balaban J connectivity index is 2.29. The number of benzene rings is 1. The van der Waals surface area contributed by atoms with Crippen molar-refractivity contribution in [1.82, 2.24) is 0 Å². The number of methoxy groups -OCH3 is 1. The van der Waals surface area contributed by atoms with Gasteiger partial charge in [0.2, 0.25) is 0 Å². The summed E-state index contributed by atoms with van der Waals surface area (Å²) >= 11 is 0. The molecule has 1 aromatic carbocycles. The smallest absolute Gasteiger partial charge is 0.137 e. The highest BCUT2D eigenvalue weighted by molar-refractivity contribution is 5.24. The van der Waals surface area contributed by atoms with E-state index in [1.807, 2.05) is 30.3 Å². The summed E-state index contributed by atoms with van der Waals surface area (Å²) < 4.78 is 5.42. The van der Waals surface area contributed by atoms with Gasteiger partial charge in [-0.05, 0) is 5.56 Å². The molecule has 0 aromatic heterocycles. The van der Waals surface area contributed by atoms with Crippen LogP contribution < -0.4 is 4.90 Å². The van der Waals surface area contributed by atoms with Gasteiger partial charge in [-0.1, -0.05) is 30.3 Å². The predicted molar refractivity (Wildman–Crippen MR) is 61.8 cm³/mol. The minimum Gasteiger partial charge on any atom is -0.465 e. The first-order chi connectivity index (χ1) is 7.66. The van der Waals surface area contributed by atoms with Gasteiger partial charge in [-0.25, -0.2) is 0 Å². The first-order valence-corrected chi connectivity index (χ1v) is 5.64. The van der Waals surface area contributed by atoms with Crippen LogP contribution in [-0.4, -0.2) is 31.4 Å². The van der Waals surface area contributed by atoms with Crippen molar-refractivity contribution >= 4 is 0 Å². The van der Waals surface area contributed by atoms with E-state index in [9.17, 15) is 5.11 Å². The molecule has 1 aliphatic rings. The molecule has 3 nitrogen and oxygen atoms in total. The van der Waals surface area contributed by atoms with Crippen molar-refractivity contribution in [3.05, 3.63) is 42.9 Å². The normalized spacial score (nSPS) is 34.9. The average Bonchev–Trinajstić information content (AvgIpc) is 2.33. The lowest BCUT2D eigenvalue weighted by molar-refractivity contribution is -0.867. The number of likely N-dealkylation sites (tertiary alicyclic amines) is 1. The highest BCUT2D eigenvalue weighted by Crippen LogP contribution is 2.30. The first-order valence-electron chi connectivity index (χ1n) is 5.64. The summed E-state index contributed by atoms with van der Waals surface area (Å²) in [6.07, 6.45) is 0.505. The van der Waals surface area contributed by atoms with Gasteiger partial charge in [0, 0.05) is 13.5 Å². The van der Waals surface area contributed by atoms with Crippen LogP contribution in [-0.2, 0) is 10.3 Å². The quantitative estimate of drug-likeness (QED) is 0.688. The summed E-state index contributed by atoms with van der Waals surface area (Å²) in [4.78, 5) is 1.16. The minimum absolute atomic E-state index is 0.184. The third-order valence-electron chi connectivity index (χ3n) is 3.42. The fourth-order valence-electron chi connectivity index (χ4n) is 2.40. The van der Waals surface area contributed by atoms with E-state index in [4.69, 9.17) is 4.74 Å². The fraction of sp³-hybridized carbons (Fsp3) is 0.462. The summed E-state index contributed by atoms with van der Waals surface area (Å²) in [6, 6.07) is 9.77. The Labute approximate surface area is 96.6 Å². The molecule has 0 saturated carbocycles. The van der Waals surface area contributed by atoms with Crippen LogP contribution in [0.3, 0.4) is 0 Å². The van der Waals surface area contributed by atoms with Crippen LogP contribution in [0.15, 0.2) is 30.3 Å². The van der Waals surface area contributed by atoms with Crippen molar-refractivity contribution in [3.63, 3.8) is 0 Å². The van der Waals surface area contributed by atoms with Crippen molar-refractivity contribution in [1.29, 1.82) is 0 Å². The molecule has 2 N–H and O–H groups in total. The van der Waals surface area contributed by atoms with E-state index in [0.29, 0.717) is 6.42 Å². The largest absolute Gasteiger partial charge is 0.465 e. The van der Waals surface area contributed by atoms with Gasteiger partial charge in [0.25, 0.3) is 0 Å². The number of nitrogens with one attached hydrogen (secondary N) is 1. The van der Waals surface area contributed by atoms with Crippen LogP contribution in [0.4, 0.5) is 0 Å². The van der Waals surface area contributed by atoms with E-state index >= 15 is 0 Å². The van der Waals surface area contributed by atoms with Crippen LogP contribution in [0.2, 0.25) is 0 Å². The minimum atomic E-state index is -0.864. The van der Waals surface area contributed by atoms with E-state index in [1.54, 1.807) is 7.11 Å². The van der Waals surface area contributed by atoms with Crippen LogP contribution in [0.25, 0.3) is 0 Å². The number of hydrogen-bond donors (Lipinski definition) is 2. The van der Waals surface area contributed by atoms with Gasteiger partial charge in [0.05, 0.1) is 13.1 Å². The monoisotopic (exact) mass is 221 g/mol. The van der Waals surface area contributed by atoms with Crippen molar-refractivity contribution in [2.45, 2.75) is 18.1 Å². The molecule has 2 rings (SSSR count). The highest BCUT2D eigenvalue weighted by Gasteiger charge is 2.43. The zero-order valence-corrected chi connectivity index (χ0v) is 9.65. The van der Waals surface area contributed by atoms with Crippen LogP contribution >= 0.6 is 0 Å². The third-order valence-corrected chi connectivity index (χ3v) is 3.42. The predicted octanol–water partition coefficient (Wildman–Crippen LogP) is -0.0306. The average molecular weight is 221 g/mol. The Morgan fingerprint density at radius 1 is 1.44 bits per heavy atom. The fourth-order valence-corrected chi connectivity index (χ4v) is 2.40. The Morgan fingerprint density at radius 2 is 2.12 bits per heavy atom. The molecular weight excluding hydrogens is 202 g/mol. The van der Waals surface area contributed by atoms with Gasteiger partial charge in [0.15, 0.2) is 0 Å². The third kappa shape index (κ3) is 1.98. The van der Waals surface area contributed by atoms with Gasteiger partial charge in [-0.15, -0.1) is 0 Å². The number of ether oxygens (including phenoxy) is 1. The van der Waals surface area contributed by atoms with Gasteiger partial charge in [-0.2, -0.15) is 7.05 Å². The maximum atomic E-state index is 10.8. The molecule has 0 radical (unpaired) electrons. The number of piperidine rings is 1. The van der Waals surface area contributed by atoms with Gasteiger partial charge < -0.3 is 14.7 Å². The molecule has 3 atom stereocenters. The second-order valence-corrected chi connectivity index (χ2v) is 4.47. The van der Waals surface area contributed by atoms with Crippen LogP contribution in [0.5, 0.6) is 0 Å². The lowest BCUT2D eigenvalue weighted by atomic mass is 9.82. The molecular formula is C13H19NO2. The Bertz CT molecular complexity index is 341. The van der Waals surface area contributed by atoms with Crippen LogP contribution in [0.1, 0.15) is 12.0 Å². The maximum absolute atomic E-state index is 10.8. The molecule has 1 aromatic rings. The first kappa shape index (κ1) is 11.6. The Morgan fingerprint density at radius 3 is 2.75 bits per heavy atom. The lowest BCUT2D eigenvalue weighted by Crippen LogP contribution is -3.10. The molecule has 88 valence electrons. The zero-order valence-electron chi connectivity index (χ0n) is 9.65. The van der Waals surface area contributed by atoms with Gasteiger partial charge in [-0.3, -0.25) is 0 Å². The Kier molecular flexibility index (Phi) is 3.28. The van der Waals surface area contributed by atoms with Crippen LogP contribution in [0, 0.1) is 7.05 Å². The molecule has 1 aliphatic heterocycles. The summed E-state index contributed by atoms with van der Waals surface area (Å²) in [5, 5.41) is 10.8. The topological polar surface area (TPSA) is 33.9 Å². The second-order valence-electron chi connectivity index (χ2n) is 4.47. The standard InChI is InChI=1S/C13H19NO2/c1-14-9-8-13(15,12(10-14)16-2)11-6-4-3-5-7-11/h3-7,12,14-15H,1,8-10H2,2H3. The summed E-state index contributed by atoms with van der Waals surface area (Å²) in [6.45, 7) is 1.60. The van der Waals surface area contributed by atoms with Gasteiger partial charge in [0.1, 0.15) is 11.7 Å². The lowest BCUT2D eigenvalue weighted by Gasteiger charge is -2.43. The molecule has 3 heteroatoms. The van der Waals surface area contributed by atoms with E-state index in [-0.39, 0.29) is 6.10 Å². The molecule has 1 saturated heterocycles. The molecule has 1 heterocycles. The SMILES string of the molecule is [CH2-][NH+]1CCC(O)(c2ccccc2)C(OC)C1. The molecule has 0 aliphatic carbocycles. The van der Waals surface area contributed by atoms with Crippen molar-refractivity contribution < 1.29 is 14.7 Å². The second kappa shape index (κ2) is 4.53. The molecule has 0 spiro atoms. The number of rotatable bonds is 2. The van der Waals surface area contributed by atoms with Crippen molar-refractivity contribution in [2.75, 3.05) is 20.2 Å². The molecule has 3 unspecified atom stereocenters.